The summed E-state index contributed by atoms with van der Waals surface area (Å²) in [5, 5.41) is 56.2. The van der Waals surface area contributed by atoms with Crippen LogP contribution in [0.4, 0.5) is 0 Å². The molecule has 0 spiro atoms. The molecular weight excluding hydrogens is 284 g/mol. The van der Waals surface area contributed by atoms with Crippen LogP contribution in [0.3, 0.4) is 0 Å². The minimum Gasteiger partial charge on any atom is -0.481 e. The van der Waals surface area contributed by atoms with Crippen molar-refractivity contribution in [2.24, 2.45) is 0 Å². The van der Waals surface area contributed by atoms with Gasteiger partial charge in [-0.3, -0.25) is 4.79 Å². The molecule has 0 saturated carbocycles. The molecular formula is C13H30O8. The topological polar surface area (TPSA) is 159 Å². The van der Waals surface area contributed by atoms with E-state index < -0.39 is 18.2 Å². The Morgan fingerprint density at radius 3 is 1.38 bits per heavy atom. The van der Waals surface area contributed by atoms with Gasteiger partial charge in [-0.1, -0.05) is 26.2 Å². The average Bonchev–Trinajstić information content (AvgIpc) is 2.50. The standard InChI is InChI=1S/C7H14O2.2C3H8O3/c1-2-3-4-5-6-7(8)9;2*4-1-3(6)2-5/h2-6H2,1H3,(H,8,9);2*3-6H,1-2H2. The Bertz CT molecular complexity index is 183. The van der Waals surface area contributed by atoms with Crippen molar-refractivity contribution in [1.29, 1.82) is 0 Å². The van der Waals surface area contributed by atoms with Gasteiger partial charge in [-0.2, -0.15) is 0 Å². The van der Waals surface area contributed by atoms with Gasteiger partial charge in [-0.05, 0) is 6.42 Å². The van der Waals surface area contributed by atoms with E-state index in [0.717, 1.165) is 19.3 Å². The van der Waals surface area contributed by atoms with Gasteiger partial charge < -0.3 is 35.7 Å². The summed E-state index contributed by atoms with van der Waals surface area (Å²) in [5.41, 5.74) is 0. The first-order valence-electron chi connectivity index (χ1n) is 6.90. The number of hydrogen-bond donors (Lipinski definition) is 7. The van der Waals surface area contributed by atoms with E-state index in [1.807, 2.05) is 0 Å². The fourth-order valence-corrected chi connectivity index (χ4v) is 0.818. The Morgan fingerprint density at radius 1 is 0.810 bits per heavy atom. The Kier molecular flexibility index (Phi) is 25.8. The van der Waals surface area contributed by atoms with E-state index in [4.69, 9.17) is 35.7 Å². The summed E-state index contributed by atoms with van der Waals surface area (Å²) >= 11 is 0. The molecule has 0 radical (unpaired) electrons. The molecule has 0 bridgehead atoms. The normalized spacial score (nSPS) is 9.76. The highest BCUT2D eigenvalue weighted by Crippen LogP contribution is 2.01. The van der Waals surface area contributed by atoms with Crippen LogP contribution in [0.25, 0.3) is 0 Å². The lowest BCUT2D eigenvalue weighted by Crippen LogP contribution is -2.15. The Balaban J connectivity index is -0.000000240. The van der Waals surface area contributed by atoms with Crippen molar-refractivity contribution in [1.82, 2.24) is 0 Å². The van der Waals surface area contributed by atoms with Gasteiger partial charge in [-0.25, -0.2) is 0 Å². The quantitative estimate of drug-likeness (QED) is 0.259. The predicted molar refractivity (Wildman–Crippen MR) is 76.8 cm³/mol. The lowest BCUT2D eigenvalue weighted by atomic mass is 10.2. The number of carboxylic acids is 1. The molecule has 0 aliphatic carbocycles. The van der Waals surface area contributed by atoms with Gasteiger partial charge in [0.1, 0.15) is 12.2 Å². The summed E-state index contributed by atoms with van der Waals surface area (Å²) in [5.74, 6) is -0.675. The van der Waals surface area contributed by atoms with Crippen molar-refractivity contribution >= 4 is 5.97 Å². The van der Waals surface area contributed by atoms with Crippen molar-refractivity contribution in [3.8, 4) is 0 Å². The first-order valence-corrected chi connectivity index (χ1v) is 6.90. The molecule has 0 aliphatic heterocycles. The monoisotopic (exact) mass is 314 g/mol. The van der Waals surface area contributed by atoms with Crippen LogP contribution >= 0.6 is 0 Å². The van der Waals surface area contributed by atoms with Crippen LogP contribution in [-0.2, 0) is 4.79 Å². The lowest BCUT2D eigenvalue weighted by Gasteiger charge is -1.96. The second-order valence-corrected chi connectivity index (χ2v) is 4.24. The molecule has 7 N–H and O–H groups in total. The van der Waals surface area contributed by atoms with Crippen LogP contribution < -0.4 is 0 Å². The highest BCUT2D eigenvalue weighted by molar-refractivity contribution is 5.66. The molecule has 0 heterocycles. The van der Waals surface area contributed by atoms with E-state index in [0.29, 0.717) is 6.42 Å². The Hall–Kier alpha value is -0.770. The van der Waals surface area contributed by atoms with Crippen LogP contribution in [0.2, 0.25) is 0 Å². The zero-order chi connectivity index (χ0) is 17.1. The molecule has 21 heavy (non-hydrogen) atoms. The summed E-state index contributed by atoms with van der Waals surface area (Å²) < 4.78 is 0. The predicted octanol–water partition coefficient (Wildman–Crippen LogP) is -1.29. The molecule has 130 valence electrons. The third-order valence-electron chi connectivity index (χ3n) is 2.09. The largest absolute Gasteiger partial charge is 0.481 e. The van der Waals surface area contributed by atoms with E-state index in [2.05, 4.69) is 6.92 Å². The molecule has 0 atom stereocenters. The Morgan fingerprint density at radius 2 is 1.19 bits per heavy atom. The first-order chi connectivity index (χ1) is 9.89. The smallest absolute Gasteiger partial charge is 0.303 e. The number of unbranched alkanes of at least 4 members (excludes halogenated alkanes) is 3. The second kappa shape index (κ2) is 21.5. The van der Waals surface area contributed by atoms with Crippen molar-refractivity contribution in [2.45, 2.75) is 51.2 Å². The molecule has 0 aliphatic rings. The highest BCUT2D eigenvalue weighted by Gasteiger charge is 1.94. The minimum atomic E-state index is -0.954. The fourth-order valence-electron chi connectivity index (χ4n) is 0.818. The van der Waals surface area contributed by atoms with Crippen molar-refractivity contribution in [2.75, 3.05) is 26.4 Å². The van der Waals surface area contributed by atoms with Crippen LogP contribution in [0.5, 0.6) is 0 Å². The summed E-state index contributed by atoms with van der Waals surface area (Å²) in [7, 11) is 0. The number of carbonyl (C=O) groups is 1. The van der Waals surface area contributed by atoms with Gasteiger partial charge >= 0.3 is 5.97 Å². The van der Waals surface area contributed by atoms with Gasteiger partial charge in [0.15, 0.2) is 0 Å². The summed E-state index contributed by atoms with van der Waals surface area (Å²) in [6, 6.07) is 0. The van der Waals surface area contributed by atoms with Crippen molar-refractivity contribution < 1.29 is 40.5 Å². The molecule has 8 nitrogen and oxygen atoms in total. The summed E-state index contributed by atoms with van der Waals surface area (Å²) in [4.78, 5) is 9.96. The lowest BCUT2D eigenvalue weighted by molar-refractivity contribution is -0.137. The minimum absolute atomic E-state index is 0.333. The van der Waals surface area contributed by atoms with Gasteiger partial charge in [0.2, 0.25) is 0 Å². The maximum Gasteiger partial charge on any atom is 0.303 e. The van der Waals surface area contributed by atoms with Crippen molar-refractivity contribution in [3.63, 3.8) is 0 Å². The number of hydrogen-bond acceptors (Lipinski definition) is 7. The van der Waals surface area contributed by atoms with E-state index in [1.165, 1.54) is 6.42 Å². The van der Waals surface area contributed by atoms with E-state index in [9.17, 15) is 4.79 Å². The fraction of sp³-hybridized carbons (Fsp3) is 0.923. The molecule has 0 aromatic heterocycles. The third kappa shape index (κ3) is 32.6. The number of carboxylic acid groups (broad SMARTS) is 1. The molecule has 0 fully saturated rings. The second-order valence-electron chi connectivity index (χ2n) is 4.24. The zero-order valence-corrected chi connectivity index (χ0v) is 12.6. The number of aliphatic carboxylic acids is 1. The molecule has 0 unspecified atom stereocenters. The SMILES string of the molecule is CCCCCCC(=O)O.OCC(O)CO.OCC(O)CO. The molecule has 8 heteroatoms. The van der Waals surface area contributed by atoms with Crippen LogP contribution in [0.15, 0.2) is 0 Å². The average molecular weight is 314 g/mol. The van der Waals surface area contributed by atoms with Crippen LogP contribution in [0, 0.1) is 0 Å². The third-order valence-corrected chi connectivity index (χ3v) is 2.09. The summed E-state index contributed by atoms with van der Waals surface area (Å²) in [6.07, 6.45) is 2.65. The zero-order valence-electron chi connectivity index (χ0n) is 12.6. The number of aliphatic hydroxyl groups is 6. The van der Waals surface area contributed by atoms with Crippen LogP contribution in [-0.4, -0.2) is 80.4 Å². The summed E-state index contributed by atoms with van der Waals surface area (Å²) in [6.45, 7) is 0.654. The van der Waals surface area contributed by atoms with E-state index in [-0.39, 0.29) is 26.4 Å². The molecule has 0 rings (SSSR count). The van der Waals surface area contributed by atoms with Gasteiger partial charge in [0.25, 0.3) is 0 Å². The van der Waals surface area contributed by atoms with Gasteiger partial charge in [0.05, 0.1) is 26.4 Å². The Labute approximate surface area is 125 Å². The van der Waals surface area contributed by atoms with Crippen LogP contribution in [0.1, 0.15) is 39.0 Å². The van der Waals surface area contributed by atoms with Gasteiger partial charge in [-0.15, -0.1) is 0 Å². The molecule has 0 saturated heterocycles. The molecule has 0 aromatic rings. The van der Waals surface area contributed by atoms with Crippen molar-refractivity contribution in [3.05, 3.63) is 0 Å². The molecule has 0 amide bonds. The number of aliphatic hydroxyl groups excluding tert-OH is 6. The molecule has 0 aromatic carbocycles. The maximum absolute atomic E-state index is 9.96. The maximum atomic E-state index is 9.96. The van der Waals surface area contributed by atoms with E-state index >= 15 is 0 Å². The highest BCUT2D eigenvalue weighted by atomic mass is 16.4. The number of rotatable bonds is 9. The first kappa shape index (κ1) is 25.2. The van der Waals surface area contributed by atoms with E-state index in [1.54, 1.807) is 0 Å². The van der Waals surface area contributed by atoms with Gasteiger partial charge in [0, 0.05) is 6.42 Å².